The lowest BCUT2D eigenvalue weighted by Crippen LogP contribution is -2.18. The minimum atomic E-state index is -2.76. The molecule has 1 amide bonds. The van der Waals surface area contributed by atoms with Crippen molar-refractivity contribution in [3.05, 3.63) is 71.8 Å². The first kappa shape index (κ1) is 15.9. The highest BCUT2D eigenvalue weighted by Gasteiger charge is 2.19. The molecule has 0 aliphatic rings. The molecule has 3 rings (SSSR count). The van der Waals surface area contributed by atoms with Crippen LogP contribution in [-0.4, -0.2) is 20.3 Å². The van der Waals surface area contributed by atoms with Crippen molar-refractivity contribution in [3.8, 4) is 0 Å². The molecular formula is C17H16F2N4O. The Bertz CT molecular complexity index is 839. The van der Waals surface area contributed by atoms with Crippen molar-refractivity contribution in [3.63, 3.8) is 0 Å². The van der Waals surface area contributed by atoms with Crippen molar-refractivity contribution in [2.24, 2.45) is 0 Å². The van der Waals surface area contributed by atoms with Gasteiger partial charge >= 0.3 is 6.55 Å². The molecule has 2 heterocycles. The van der Waals surface area contributed by atoms with Crippen LogP contribution in [0.4, 0.5) is 14.5 Å². The number of nitrogens with zero attached hydrogens (tertiary/aromatic N) is 3. The third kappa shape index (κ3) is 3.34. The van der Waals surface area contributed by atoms with Gasteiger partial charge in [-0.15, -0.1) is 0 Å². The van der Waals surface area contributed by atoms with Gasteiger partial charge in [0, 0.05) is 11.9 Å². The Labute approximate surface area is 137 Å². The summed E-state index contributed by atoms with van der Waals surface area (Å²) in [4.78, 5) is 12.2. The second kappa shape index (κ2) is 6.66. The van der Waals surface area contributed by atoms with Crippen LogP contribution in [0.2, 0.25) is 0 Å². The van der Waals surface area contributed by atoms with E-state index in [-0.39, 0.29) is 5.69 Å². The Morgan fingerprint density at radius 1 is 1.21 bits per heavy atom. The van der Waals surface area contributed by atoms with Crippen molar-refractivity contribution in [2.75, 3.05) is 5.32 Å². The fourth-order valence-corrected chi connectivity index (χ4v) is 2.47. The van der Waals surface area contributed by atoms with Gasteiger partial charge in [0.2, 0.25) is 0 Å². The predicted molar refractivity (Wildman–Crippen MR) is 86.1 cm³/mol. The molecule has 1 N–H and O–H groups in total. The van der Waals surface area contributed by atoms with E-state index in [1.54, 1.807) is 10.9 Å². The summed E-state index contributed by atoms with van der Waals surface area (Å²) in [7, 11) is 0. The fraction of sp³-hybridized carbons (Fsp3) is 0.176. The number of alkyl halides is 2. The van der Waals surface area contributed by atoms with Crippen molar-refractivity contribution >= 4 is 11.6 Å². The maximum Gasteiger partial charge on any atom is 0.319 e. The quantitative estimate of drug-likeness (QED) is 0.776. The number of amides is 1. The van der Waals surface area contributed by atoms with E-state index in [1.165, 1.54) is 25.3 Å². The number of halogens is 2. The van der Waals surface area contributed by atoms with Crippen LogP contribution in [0.5, 0.6) is 0 Å². The molecule has 0 unspecified atom stereocenters. The summed E-state index contributed by atoms with van der Waals surface area (Å²) in [5.74, 6) is -0.595. The number of carbonyl (C=O) groups excluding carboxylic acids is 1. The molecule has 0 fully saturated rings. The van der Waals surface area contributed by atoms with Gasteiger partial charge in [0.15, 0.2) is 0 Å². The van der Waals surface area contributed by atoms with Gasteiger partial charge in [0.25, 0.3) is 5.91 Å². The van der Waals surface area contributed by atoms with Crippen LogP contribution in [0.15, 0.2) is 54.9 Å². The third-order valence-corrected chi connectivity index (χ3v) is 3.63. The molecule has 0 saturated heterocycles. The van der Waals surface area contributed by atoms with Gasteiger partial charge in [0.1, 0.15) is 5.69 Å². The molecular weight excluding hydrogens is 314 g/mol. The Morgan fingerprint density at radius 2 is 1.96 bits per heavy atom. The zero-order valence-corrected chi connectivity index (χ0v) is 13.0. The first-order chi connectivity index (χ1) is 11.5. The highest BCUT2D eigenvalue weighted by atomic mass is 19.3. The van der Waals surface area contributed by atoms with Crippen molar-refractivity contribution in [1.82, 2.24) is 14.3 Å². The molecule has 124 valence electrons. The minimum absolute atomic E-state index is 0.0849. The van der Waals surface area contributed by atoms with Crippen molar-refractivity contribution < 1.29 is 13.6 Å². The Balaban J connectivity index is 1.72. The lowest BCUT2D eigenvalue weighted by atomic mass is 10.2. The first-order valence-electron chi connectivity index (χ1n) is 7.38. The lowest BCUT2D eigenvalue weighted by molar-refractivity contribution is 0.0632. The van der Waals surface area contributed by atoms with Crippen LogP contribution in [0.3, 0.4) is 0 Å². The molecule has 0 radical (unpaired) electrons. The summed E-state index contributed by atoms with van der Waals surface area (Å²) in [6.07, 6.45) is 3.15. The summed E-state index contributed by atoms with van der Waals surface area (Å²) in [5.41, 5.74) is 1.77. The summed E-state index contributed by atoms with van der Waals surface area (Å²) in [6.45, 7) is -0.675. The molecule has 24 heavy (non-hydrogen) atoms. The average Bonchev–Trinajstić information content (AvgIpc) is 3.15. The van der Waals surface area contributed by atoms with Crippen LogP contribution < -0.4 is 5.32 Å². The van der Waals surface area contributed by atoms with E-state index in [0.29, 0.717) is 22.5 Å². The molecule has 0 saturated carbocycles. The second-order valence-electron chi connectivity index (χ2n) is 5.37. The van der Waals surface area contributed by atoms with Gasteiger partial charge in [-0.05, 0) is 24.6 Å². The number of carbonyl (C=O) groups is 1. The van der Waals surface area contributed by atoms with E-state index in [9.17, 15) is 13.6 Å². The highest BCUT2D eigenvalue weighted by Crippen LogP contribution is 2.20. The Hall–Kier alpha value is -2.96. The predicted octanol–water partition coefficient (Wildman–Crippen LogP) is 3.69. The molecule has 5 nitrogen and oxygen atoms in total. The Morgan fingerprint density at radius 3 is 2.67 bits per heavy atom. The number of hydrogen-bond donors (Lipinski definition) is 1. The monoisotopic (exact) mass is 330 g/mol. The maximum absolute atomic E-state index is 13.0. The van der Waals surface area contributed by atoms with Gasteiger partial charge in [-0.3, -0.25) is 14.0 Å². The molecule has 3 aromatic rings. The topological polar surface area (TPSA) is 51.9 Å². The number of aryl methyl sites for hydroxylation is 1. The van der Waals surface area contributed by atoms with Crippen LogP contribution in [0.25, 0.3) is 0 Å². The number of rotatable bonds is 5. The smallest absolute Gasteiger partial charge is 0.318 e. The SMILES string of the molecule is Cc1ccc(C(=O)Nc2cnn(Cc3ccccc3)c2)n1C(F)F. The van der Waals surface area contributed by atoms with Crippen LogP contribution in [-0.2, 0) is 6.54 Å². The summed E-state index contributed by atoms with van der Waals surface area (Å²) in [5, 5.41) is 6.76. The largest absolute Gasteiger partial charge is 0.319 e. The van der Waals surface area contributed by atoms with E-state index in [2.05, 4.69) is 10.4 Å². The average molecular weight is 330 g/mol. The first-order valence-corrected chi connectivity index (χ1v) is 7.38. The number of anilines is 1. The van der Waals surface area contributed by atoms with Crippen molar-refractivity contribution in [1.29, 1.82) is 0 Å². The molecule has 0 bridgehead atoms. The summed E-state index contributed by atoms with van der Waals surface area (Å²) < 4.78 is 28.4. The molecule has 0 spiro atoms. The maximum atomic E-state index is 13.0. The molecule has 2 aromatic heterocycles. The van der Waals surface area contributed by atoms with Gasteiger partial charge in [-0.2, -0.15) is 13.9 Å². The molecule has 1 aromatic carbocycles. The minimum Gasteiger partial charge on any atom is -0.318 e. The molecule has 0 aliphatic heterocycles. The van der Waals surface area contributed by atoms with E-state index in [0.717, 1.165) is 5.56 Å². The van der Waals surface area contributed by atoms with E-state index < -0.39 is 12.5 Å². The van der Waals surface area contributed by atoms with Crippen molar-refractivity contribution in [2.45, 2.75) is 20.0 Å². The zero-order valence-electron chi connectivity index (χ0n) is 13.0. The van der Waals surface area contributed by atoms with Gasteiger partial charge in [-0.25, -0.2) is 0 Å². The van der Waals surface area contributed by atoms with Crippen LogP contribution in [0, 0.1) is 6.92 Å². The van der Waals surface area contributed by atoms with Gasteiger partial charge in [-0.1, -0.05) is 30.3 Å². The lowest BCUT2D eigenvalue weighted by Gasteiger charge is -2.09. The van der Waals surface area contributed by atoms with E-state index in [4.69, 9.17) is 0 Å². The van der Waals surface area contributed by atoms with Gasteiger partial charge in [0.05, 0.1) is 18.4 Å². The number of aromatic nitrogens is 3. The number of benzene rings is 1. The van der Waals surface area contributed by atoms with E-state index in [1.807, 2.05) is 30.3 Å². The van der Waals surface area contributed by atoms with Crippen LogP contribution in [0.1, 0.15) is 28.3 Å². The van der Waals surface area contributed by atoms with Gasteiger partial charge < -0.3 is 5.32 Å². The molecule has 0 aliphatic carbocycles. The second-order valence-corrected chi connectivity index (χ2v) is 5.37. The summed E-state index contributed by atoms with van der Waals surface area (Å²) >= 11 is 0. The highest BCUT2D eigenvalue weighted by molar-refractivity contribution is 6.03. The van der Waals surface area contributed by atoms with Crippen LogP contribution >= 0.6 is 0 Å². The molecule has 7 heteroatoms. The molecule has 0 atom stereocenters. The third-order valence-electron chi connectivity index (χ3n) is 3.63. The van der Waals surface area contributed by atoms with E-state index >= 15 is 0 Å². The number of nitrogens with one attached hydrogen (secondary N) is 1. The zero-order chi connectivity index (χ0) is 17.1. The fourth-order valence-electron chi connectivity index (χ4n) is 2.47. The Kier molecular flexibility index (Phi) is 4.41. The summed E-state index contributed by atoms with van der Waals surface area (Å²) in [6, 6.07) is 12.6. The normalized spacial score (nSPS) is 11.0. The standard InChI is InChI=1S/C17H16F2N4O/c1-12-7-8-15(23(12)17(18)19)16(24)21-14-9-20-22(11-14)10-13-5-3-2-4-6-13/h2-9,11,17H,10H2,1H3,(H,21,24). The number of hydrogen-bond acceptors (Lipinski definition) is 2.